The van der Waals surface area contributed by atoms with Gasteiger partial charge in [0.25, 0.3) is 0 Å². The number of fused-ring (bicyclic) bond motifs is 1. The predicted octanol–water partition coefficient (Wildman–Crippen LogP) is 4.42. The zero-order valence-corrected chi connectivity index (χ0v) is 12.7. The van der Waals surface area contributed by atoms with E-state index >= 15 is 0 Å². The van der Waals surface area contributed by atoms with Gasteiger partial charge in [-0.15, -0.1) is 15.3 Å². The van der Waals surface area contributed by atoms with E-state index in [1.165, 1.54) is 11.3 Å². The number of hydrogen-bond donors (Lipinski definition) is 0. The molecule has 3 heterocycles. The van der Waals surface area contributed by atoms with Gasteiger partial charge in [0.05, 0.1) is 16.3 Å². The first-order valence-electron chi connectivity index (χ1n) is 5.94. The first kappa shape index (κ1) is 12.8. The summed E-state index contributed by atoms with van der Waals surface area (Å²) in [5, 5.41) is 14.5. The molecule has 0 aliphatic heterocycles. The maximum atomic E-state index is 6.05. The van der Waals surface area contributed by atoms with E-state index in [0.717, 1.165) is 10.6 Å². The molecule has 21 heavy (non-hydrogen) atoms. The Morgan fingerprint density at radius 1 is 1.10 bits per heavy atom. The molecular formula is C13H6Cl2N4OS. The summed E-state index contributed by atoms with van der Waals surface area (Å²) in [6, 6.07) is 8.96. The van der Waals surface area contributed by atoms with Crippen molar-refractivity contribution in [1.82, 2.24) is 19.8 Å². The summed E-state index contributed by atoms with van der Waals surface area (Å²) >= 11 is 13.4. The van der Waals surface area contributed by atoms with E-state index in [0.29, 0.717) is 26.6 Å². The van der Waals surface area contributed by atoms with Crippen LogP contribution in [0.25, 0.3) is 27.1 Å². The third kappa shape index (κ3) is 2.12. The number of hydrogen-bond acceptors (Lipinski definition) is 5. The molecule has 3 aromatic heterocycles. The van der Waals surface area contributed by atoms with E-state index in [4.69, 9.17) is 27.6 Å². The van der Waals surface area contributed by atoms with Gasteiger partial charge in [0, 0.05) is 5.56 Å². The van der Waals surface area contributed by atoms with Crippen molar-refractivity contribution in [2.45, 2.75) is 0 Å². The topological polar surface area (TPSA) is 56.2 Å². The van der Waals surface area contributed by atoms with E-state index in [1.54, 1.807) is 22.9 Å². The van der Waals surface area contributed by atoms with Gasteiger partial charge < -0.3 is 4.42 Å². The van der Waals surface area contributed by atoms with Gasteiger partial charge in [-0.1, -0.05) is 34.5 Å². The second kappa shape index (κ2) is 4.84. The summed E-state index contributed by atoms with van der Waals surface area (Å²) in [7, 11) is 0. The molecule has 0 unspecified atom stereocenters. The van der Waals surface area contributed by atoms with Crippen molar-refractivity contribution in [1.29, 1.82) is 0 Å². The van der Waals surface area contributed by atoms with Crippen molar-refractivity contribution in [2.24, 2.45) is 0 Å². The molecule has 1 aromatic carbocycles. The zero-order valence-electron chi connectivity index (χ0n) is 10.3. The van der Waals surface area contributed by atoms with Crippen molar-refractivity contribution >= 4 is 39.5 Å². The quantitative estimate of drug-likeness (QED) is 0.543. The molecular weight excluding hydrogens is 331 g/mol. The van der Waals surface area contributed by atoms with Gasteiger partial charge in [-0.3, -0.25) is 0 Å². The van der Waals surface area contributed by atoms with Crippen LogP contribution in [0.2, 0.25) is 10.0 Å². The van der Waals surface area contributed by atoms with Crippen LogP contribution < -0.4 is 0 Å². The normalized spacial score (nSPS) is 11.3. The van der Waals surface area contributed by atoms with Crippen LogP contribution in [0.1, 0.15) is 0 Å². The molecule has 0 saturated carbocycles. The predicted molar refractivity (Wildman–Crippen MR) is 81.8 cm³/mol. The highest BCUT2D eigenvalue weighted by Gasteiger charge is 2.16. The van der Waals surface area contributed by atoms with E-state index in [-0.39, 0.29) is 0 Å². The zero-order chi connectivity index (χ0) is 14.4. The lowest BCUT2D eigenvalue weighted by molar-refractivity contribution is 0.580. The van der Waals surface area contributed by atoms with E-state index in [2.05, 4.69) is 15.3 Å². The molecule has 0 radical (unpaired) electrons. The van der Waals surface area contributed by atoms with E-state index < -0.39 is 0 Å². The molecule has 5 nitrogen and oxygen atoms in total. The molecule has 0 N–H and O–H groups in total. The van der Waals surface area contributed by atoms with Gasteiger partial charge in [0.2, 0.25) is 4.96 Å². The number of furan rings is 1. The van der Waals surface area contributed by atoms with Crippen molar-refractivity contribution in [3.63, 3.8) is 0 Å². The summed E-state index contributed by atoms with van der Waals surface area (Å²) in [4.78, 5) is 0.683. The molecule has 8 heteroatoms. The van der Waals surface area contributed by atoms with Crippen LogP contribution in [0.3, 0.4) is 0 Å². The number of aromatic nitrogens is 4. The van der Waals surface area contributed by atoms with Crippen LogP contribution >= 0.6 is 34.5 Å². The largest absolute Gasteiger partial charge is 0.462 e. The number of benzene rings is 1. The lowest BCUT2D eigenvalue weighted by Crippen LogP contribution is -1.90. The molecule has 0 atom stereocenters. The smallest absolute Gasteiger partial charge is 0.235 e. The van der Waals surface area contributed by atoms with Crippen LogP contribution in [0.15, 0.2) is 41.0 Å². The minimum absolute atomic E-state index is 0.465. The fourth-order valence-corrected chi connectivity index (χ4v) is 3.04. The summed E-state index contributed by atoms with van der Waals surface area (Å²) in [5.74, 6) is 1.31. The van der Waals surface area contributed by atoms with Crippen LogP contribution in [-0.2, 0) is 0 Å². The summed E-state index contributed by atoms with van der Waals surface area (Å²) < 4.78 is 7.02. The second-order valence-corrected chi connectivity index (χ2v) is 6.00. The molecule has 0 amide bonds. The van der Waals surface area contributed by atoms with E-state index in [1.807, 2.05) is 18.2 Å². The van der Waals surface area contributed by atoms with Crippen LogP contribution in [0.5, 0.6) is 0 Å². The van der Waals surface area contributed by atoms with Gasteiger partial charge in [0.15, 0.2) is 16.6 Å². The summed E-state index contributed by atoms with van der Waals surface area (Å²) in [6.07, 6.45) is 1.61. The SMILES string of the molecule is Clc1ccc(-c2nnc3sc(-c4ccco4)nn23)cc1Cl. The first-order chi connectivity index (χ1) is 10.2. The third-order valence-corrected chi connectivity index (χ3v) is 4.55. The Labute approximate surface area is 132 Å². The minimum Gasteiger partial charge on any atom is -0.462 e. The maximum absolute atomic E-state index is 6.05. The fourth-order valence-electron chi connectivity index (χ4n) is 1.93. The average molecular weight is 337 g/mol. The average Bonchev–Trinajstić information content (AvgIpc) is 3.15. The van der Waals surface area contributed by atoms with E-state index in [9.17, 15) is 0 Å². The number of halogens is 2. The van der Waals surface area contributed by atoms with Crippen molar-refractivity contribution in [2.75, 3.05) is 0 Å². The lowest BCUT2D eigenvalue weighted by Gasteiger charge is -1.99. The Bertz CT molecular complexity index is 929. The summed E-state index contributed by atoms with van der Waals surface area (Å²) in [5.41, 5.74) is 0.799. The molecule has 0 saturated heterocycles. The van der Waals surface area contributed by atoms with Crippen LogP contribution in [0, 0.1) is 0 Å². The van der Waals surface area contributed by atoms with Crippen molar-refractivity contribution in [3.8, 4) is 22.2 Å². The van der Waals surface area contributed by atoms with Gasteiger partial charge >= 0.3 is 0 Å². The highest BCUT2D eigenvalue weighted by atomic mass is 35.5. The van der Waals surface area contributed by atoms with Crippen molar-refractivity contribution < 1.29 is 4.42 Å². The Morgan fingerprint density at radius 2 is 2.00 bits per heavy atom. The molecule has 4 aromatic rings. The molecule has 4 rings (SSSR count). The maximum Gasteiger partial charge on any atom is 0.235 e. The molecule has 0 aliphatic carbocycles. The monoisotopic (exact) mass is 336 g/mol. The molecule has 0 fully saturated rings. The highest BCUT2D eigenvalue weighted by molar-refractivity contribution is 7.19. The molecule has 0 bridgehead atoms. The number of nitrogens with zero attached hydrogens (tertiary/aromatic N) is 4. The van der Waals surface area contributed by atoms with Crippen molar-refractivity contribution in [3.05, 3.63) is 46.6 Å². The second-order valence-electron chi connectivity index (χ2n) is 4.23. The van der Waals surface area contributed by atoms with Crippen LogP contribution in [-0.4, -0.2) is 19.8 Å². The fraction of sp³-hybridized carbons (Fsp3) is 0. The van der Waals surface area contributed by atoms with Gasteiger partial charge in [-0.05, 0) is 30.3 Å². The number of rotatable bonds is 2. The van der Waals surface area contributed by atoms with Gasteiger partial charge in [-0.25, -0.2) is 0 Å². The Kier molecular flexibility index (Phi) is 2.95. The first-order valence-corrected chi connectivity index (χ1v) is 7.51. The van der Waals surface area contributed by atoms with Gasteiger partial charge in [0.1, 0.15) is 0 Å². The molecule has 104 valence electrons. The summed E-state index contributed by atoms with van der Waals surface area (Å²) in [6.45, 7) is 0. The Balaban J connectivity index is 1.87. The Hall–Kier alpha value is -1.89. The lowest BCUT2D eigenvalue weighted by atomic mass is 10.2. The standard InChI is InChI=1S/C13H6Cl2N4OS/c14-8-4-3-7(6-9(8)15)11-16-17-13-19(11)18-12(21-13)10-2-1-5-20-10/h1-6H. The highest BCUT2D eigenvalue weighted by Crippen LogP contribution is 2.30. The minimum atomic E-state index is 0.465. The third-order valence-electron chi connectivity index (χ3n) is 2.90. The molecule has 0 aliphatic rings. The van der Waals surface area contributed by atoms with Crippen LogP contribution in [0.4, 0.5) is 0 Å². The van der Waals surface area contributed by atoms with Gasteiger partial charge in [-0.2, -0.15) is 4.52 Å². The Morgan fingerprint density at radius 3 is 2.76 bits per heavy atom. The molecule has 0 spiro atoms.